The molecule has 0 unspecified atom stereocenters. The number of nitrogen functional groups attached to an aromatic ring is 1. The summed E-state index contributed by atoms with van der Waals surface area (Å²) in [6.45, 7) is 1.78. The fourth-order valence-electron chi connectivity index (χ4n) is 1.74. The van der Waals surface area contributed by atoms with Crippen LogP contribution in [0.4, 0.5) is 5.82 Å². The van der Waals surface area contributed by atoms with Crippen molar-refractivity contribution in [3.8, 4) is 0 Å². The molecule has 6 heteroatoms. The Morgan fingerprint density at radius 1 is 1.16 bits per heavy atom. The zero-order valence-corrected chi connectivity index (χ0v) is 11.3. The van der Waals surface area contributed by atoms with Crippen LogP contribution in [0.25, 0.3) is 0 Å². The lowest BCUT2D eigenvalue weighted by atomic mass is 10.1. The number of rotatable bonds is 4. The minimum atomic E-state index is -3.68. The van der Waals surface area contributed by atoms with Crippen LogP contribution in [0.1, 0.15) is 18.5 Å². The van der Waals surface area contributed by atoms with E-state index in [2.05, 4.69) is 9.71 Å². The molecule has 0 saturated heterocycles. The number of pyridine rings is 1. The van der Waals surface area contributed by atoms with Crippen molar-refractivity contribution in [2.75, 3.05) is 5.73 Å². The molecule has 0 spiro atoms. The van der Waals surface area contributed by atoms with Gasteiger partial charge in [-0.15, -0.1) is 0 Å². The number of nitrogens with one attached hydrogen (secondary N) is 1. The summed E-state index contributed by atoms with van der Waals surface area (Å²) in [5, 5.41) is 0. The summed E-state index contributed by atoms with van der Waals surface area (Å²) in [6.07, 6.45) is 1.45. The molecule has 0 saturated carbocycles. The Kier molecular flexibility index (Phi) is 3.82. The first-order chi connectivity index (χ1) is 9.00. The topological polar surface area (TPSA) is 85.1 Å². The third kappa shape index (κ3) is 3.10. The van der Waals surface area contributed by atoms with Crippen LogP contribution >= 0.6 is 0 Å². The third-order valence-electron chi connectivity index (χ3n) is 2.72. The first kappa shape index (κ1) is 13.5. The van der Waals surface area contributed by atoms with Gasteiger partial charge in [0.2, 0.25) is 10.0 Å². The number of hydrogen-bond donors (Lipinski definition) is 2. The molecule has 0 radical (unpaired) electrons. The van der Waals surface area contributed by atoms with Gasteiger partial charge in [-0.2, -0.15) is 0 Å². The van der Waals surface area contributed by atoms with Gasteiger partial charge in [-0.25, -0.2) is 18.1 Å². The molecule has 0 aliphatic heterocycles. The van der Waals surface area contributed by atoms with Gasteiger partial charge in [0.15, 0.2) is 0 Å². The average Bonchev–Trinajstić information content (AvgIpc) is 2.39. The molecule has 2 aromatic rings. The molecule has 0 aliphatic carbocycles. The van der Waals surface area contributed by atoms with Crippen molar-refractivity contribution in [2.24, 2.45) is 0 Å². The average molecular weight is 277 g/mol. The van der Waals surface area contributed by atoms with E-state index < -0.39 is 10.0 Å². The predicted octanol–water partition coefficient (Wildman–Crippen LogP) is 1.70. The van der Waals surface area contributed by atoms with Gasteiger partial charge in [-0.3, -0.25) is 0 Å². The zero-order valence-electron chi connectivity index (χ0n) is 10.4. The highest BCUT2D eigenvalue weighted by molar-refractivity contribution is 7.89. The number of aromatic nitrogens is 1. The van der Waals surface area contributed by atoms with Gasteiger partial charge in [0.05, 0.1) is 0 Å². The Bertz CT molecular complexity index is 657. The molecule has 0 amide bonds. The Morgan fingerprint density at radius 2 is 1.84 bits per heavy atom. The normalized spacial score (nSPS) is 13.1. The molecule has 100 valence electrons. The van der Waals surface area contributed by atoms with E-state index in [-0.39, 0.29) is 16.8 Å². The molecule has 0 fully saturated rings. The van der Waals surface area contributed by atoms with Crippen molar-refractivity contribution in [3.63, 3.8) is 0 Å². The zero-order chi connectivity index (χ0) is 13.9. The van der Waals surface area contributed by atoms with Gasteiger partial charge in [0.1, 0.15) is 10.7 Å². The molecule has 0 aliphatic rings. The van der Waals surface area contributed by atoms with Crippen LogP contribution in [0.2, 0.25) is 0 Å². The molecule has 1 heterocycles. The summed E-state index contributed by atoms with van der Waals surface area (Å²) in [7, 11) is -3.68. The van der Waals surface area contributed by atoms with Crippen molar-refractivity contribution in [3.05, 3.63) is 54.2 Å². The van der Waals surface area contributed by atoms with E-state index in [9.17, 15) is 8.42 Å². The second kappa shape index (κ2) is 5.38. The van der Waals surface area contributed by atoms with Gasteiger partial charge >= 0.3 is 0 Å². The highest BCUT2D eigenvalue weighted by Gasteiger charge is 2.20. The van der Waals surface area contributed by atoms with Crippen LogP contribution in [-0.4, -0.2) is 13.4 Å². The largest absolute Gasteiger partial charge is 0.383 e. The number of benzene rings is 1. The fraction of sp³-hybridized carbons (Fsp3) is 0.154. The number of anilines is 1. The monoisotopic (exact) mass is 277 g/mol. The minimum absolute atomic E-state index is 0.00205. The quantitative estimate of drug-likeness (QED) is 0.890. The summed E-state index contributed by atoms with van der Waals surface area (Å²) in [5.74, 6) is -0.00439. The second-order valence-electron chi connectivity index (χ2n) is 4.14. The van der Waals surface area contributed by atoms with Crippen LogP contribution in [0.3, 0.4) is 0 Å². The van der Waals surface area contributed by atoms with Gasteiger partial charge in [-0.05, 0) is 24.6 Å². The van der Waals surface area contributed by atoms with E-state index in [0.29, 0.717) is 0 Å². The Labute approximate surface area is 112 Å². The van der Waals surface area contributed by atoms with Crippen molar-refractivity contribution < 1.29 is 8.42 Å². The minimum Gasteiger partial charge on any atom is -0.383 e. The van der Waals surface area contributed by atoms with Crippen LogP contribution in [0, 0.1) is 0 Å². The SMILES string of the molecule is C[C@H](NS(=O)(=O)c1cccnc1N)c1ccccc1. The summed E-state index contributed by atoms with van der Waals surface area (Å²) in [6, 6.07) is 12.0. The molecule has 5 nitrogen and oxygen atoms in total. The van der Waals surface area contributed by atoms with Crippen LogP contribution in [0.5, 0.6) is 0 Å². The molecule has 1 aromatic heterocycles. The maximum atomic E-state index is 12.2. The predicted molar refractivity (Wildman–Crippen MR) is 73.8 cm³/mol. The highest BCUT2D eigenvalue weighted by Crippen LogP contribution is 2.19. The van der Waals surface area contributed by atoms with E-state index in [1.54, 1.807) is 6.92 Å². The summed E-state index contributed by atoms with van der Waals surface area (Å²) in [4.78, 5) is 3.78. The first-order valence-corrected chi connectivity index (χ1v) is 7.27. The van der Waals surface area contributed by atoms with E-state index in [0.717, 1.165) is 5.56 Å². The number of nitrogens with zero attached hydrogens (tertiary/aromatic N) is 1. The summed E-state index contributed by atoms with van der Waals surface area (Å²) >= 11 is 0. The van der Waals surface area contributed by atoms with Crippen LogP contribution < -0.4 is 10.5 Å². The molecule has 1 atom stereocenters. The highest BCUT2D eigenvalue weighted by atomic mass is 32.2. The first-order valence-electron chi connectivity index (χ1n) is 5.78. The molecule has 1 aromatic carbocycles. The van der Waals surface area contributed by atoms with E-state index in [1.807, 2.05) is 30.3 Å². The lowest BCUT2D eigenvalue weighted by Gasteiger charge is -2.15. The smallest absolute Gasteiger partial charge is 0.244 e. The fourth-order valence-corrected chi connectivity index (χ4v) is 3.05. The van der Waals surface area contributed by atoms with Gasteiger partial charge in [0.25, 0.3) is 0 Å². The van der Waals surface area contributed by atoms with E-state index >= 15 is 0 Å². The molecule has 2 rings (SSSR count). The standard InChI is InChI=1S/C13H15N3O2S/c1-10(11-6-3-2-4-7-11)16-19(17,18)12-8-5-9-15-13(12)14/h2-10,16H,1H3,(H2,14,15)/t10-/m0/s1. The number of hydrogen-bond acceptors (Lipinski definition) is 4. The summed E-state index contributed by atoms with van der Waals surface area (Å²) < 4.78 is 27.0. The van der Waals surface area contributed by atoms with Crippen molar-refractivity contribution in [2.45, 2.75) is 17.9 Å². The maximum Gasteiger partial charge on any atom is 0.244 e. The summed E-state index contributed by atoms with van der Waals surface area (Å²) in [5.41, 5.74) is 6.47. The molecule has 3 N–H and O–H groups in total. The van der Waals surface area contributed by atoms with Crippen molar-refractivity contribution in [1.82, 2.24) is 9.71 Å². The van der Waals surface area contributed by atoms with Crippen molar-refractivity contribution >= 4 is 15.8 Å². The molecular formula is C13H15N3O2S. The lowest BCUT2D eigenvalue weighted by molar-refractivity contribution is 0.567. The molecular weight excluding hydrogens is 262 g/mol. The van der Waals surface area contributed by atoms with Gasteiger partial charge in [0, 0.05) is 12.2 Å². The van der Waals surface area contributed by atoms with E-state index in [1.165, 1.54) is 18.3 Å². The van der Waals surface area contributed by atoms with E-state index in [4.69, 9.17) is 5.73 Å². The molecule has 0 bridgehead atoms. The Morgan fingerprint density at radius 3 is 2.47 bits per heavy atom. The Balaban J connectivity index is 2.26. The second-order valence-corrected chi connectivity index (χ2v) is 5.82. The van der Waals surface area contributed by atoms with Crippen LogP contribution in [0.15, 0.2) is 53.6 Å². The number of nitrogens with two attached hydrogens (primary N) is 1. The van der Waals surface area contributed by atoms with Gasteiger partial charge in [-0.1, -0.05) is 30.3 Å². The number of sulfonamides is 1. The van der Waals surface area contributed by atoms with Crippen molar-refractivity contribution in [1.29, 1.82) is 0 Å². The molecule has 19 heavy (non-hydrogen) atoms. The van der Waals surface area contributed by atoms with Gasteiger partial charge < -0.3 is 5.73 Å². The maximum absolute atomic E-state index is 12.2. The third-order valence-corrected chi connectivity index (χ3v) is 4.31. The Hall–Kier alpha value is -1.92. The lowest BCUT2D eigenvalue weighted by Crippen LogP contribution is -2.27. The van der Waals surface area contributed by atoms with Crippen LogP contribution in [-0.2, 0) is 10.0 Å².